The molecule has 1 rings (SSSR count). The lowest BCUT2D eigenvalue weighted by molar-refractivity contribution is 1.24. The number of nitrogen functional groups attached to an aromatic ring is 1. The maximum Gasteiger partial charge on any atom is 0.0419 e. The van der Waals surface area contributed by atoms with Crippen molar-refractivity contribution in [2.24, 2.45) is 0 Å². The maximum absolute atomic E-state index is 5.90. The number of allylic oxidation sites excluding steroid dienone is 1. The van der Waals surface area contributed by atoms with Gasteiger partial charge in [-0.2, -0.15) is 0 Å². The van der Waals surface area contributed by atoms with Crippen molar-refractivity contribution in [2.75, 3.05) is 5.73 Å². The standard InChI is InChI=1S/C11H15N/c1-4-8(2)10-7-5-6-9(3)11(10)12/h5-7H,2,4,12H2,1,3H3. The third-order valence-corrected chi connectivity index (χ3v) is 2.13. The summed E-state index contributed by atoms with van der Waals surface area (Å²) in [4.78, 5) is 0. The average molecular weight is 161 g/mol. The summed E-state index contributed by atoms with van der Waals surface area (Å²) in [7, 11) is 0. The zero-order valence-corrected chi connectivity index (χ0v) is 7.72. The fraction of sp³-hybridized carbons (Fsp3) is 0.273. The summed E-state index contributed by atoms with van der Waals surface area (Å²) in [6.45, 7) is 8.07. The van der Waals surface area contributed by atoms with Crippen LogP contribution in [0.5, 0.6) is 0 Å². The Balaban J connectivity index is 3.16. The first-order valence-electron chi connectivity index (χ1n) is 4.20. The number of anilines is 1. The van der Waals surface area contributed by atoms with Crippen LogP contribution in [0.4, 0.5) is 5.69 Å². The van der Waals surface area contributed by atoms with E-state index >= 15 is 0 Å². The van der Waals surface area contributed by atoms with Crippen LogP contribution in [0.1, 0.15) is 24.5 Å². The summed E-state index contributed by atoms with van der Waals surface area (Å²) >= 11 is 0. The van der Waals surface area contributed by atoms with Gasteiger partial charge in [-0.25, -0.2) is 0 Å². The Morgan fingerprint density at radius 1 is 1.50 bits per heavy atom. The Labute approximate surface area is 73.9 Å². The number of aryl methyl sites for hydroxylation is 1. The molecule has 0 bridgehead atoms. The van der Waals surface area contributed by atoms with Gasteiger partial charge in [-0.15, -0.1) is 0 Å². The van der Waals surface area contributed by atoms with Crippen LogP contribution in [0.2, 0.25) is 0 Å². The highest BCUT2D eigenvalue weighted by Gasteiger charge is 2.02. The molecule has 0 fully saturated rings. The van der Waals surface area contributed by atoms with E-state index in [0.29, 0.717) is 0 Å². The summed E-state index contributed by atoms with van der Waals surface area (Å²) in [5.41, 5.74) is 10.1. The van der Waals surface area contributed by atoms with E-state index in [1.165, 1.54) is 0 Å². The third kappa shape index (κ3) is 1.50. The fourth-order valence-corrected chi connectivity index (χ4v) is 1.18. The molecular formula is C11H15N. The van der Waals surface area contributed by atoms with Crippen LogP contribution in [0.25, 0.3) is 5.57 Å². The van der Waals surface area contributed by atoms with Gasteiger partial charge in [-0.05, 0) is 24.5 Å². The topological polar surface area (TPSA) is 26.0 Å². The Morgan fingerprint density at radius 2 is 2.17 bits per heavy atom. The molecule has 0 aliphatic rings. The monoisotopic (exact) mass is 161 g/mol. The van der Waals surface area contributed by atoms with Crippen molar-refractivity contribution in [3.05, 3.63) is 35.9 Å². The maximum atomic E-state index is 5.90. The number of para-hydroxylation sites is 1. The van der Waals surface area contributed by atoms with E-state index in [1.807, 2.05) is 25.1 Å². The molecule has 64 valence electrons. The van der Waals surface area contributed by atoms with Gasteiger partial charge in [0, 0.05) is 11.3 Å². The van der Waals surface area contributed by atoms with Crippen molar-refractivity contribution in [3.8, 4) is 0 Å². The molecule has 0 heterocycles. The van der Waals surface area contributed by atoms with Gasteiger partial charge in [0.15, 0.2) is 0 Å². The largest absolute Gasteiger partial charge is 0.398 e. The Hall–Kier alpha value is -1.24. The minimum Gasteiger partial charge on any atom is -0.398 e. The second-order valence-corrected chi connectivity index (χ2v) is 2.99. The highest BCUT2D eigenvalue weighted by atomic mass is 14.6. The molecule has 0 aromatic heterocycles. The van der Waals surface area contributed by atoms with Gasteiger partial charge in [0.1, 0.15) is 0 Å². The molecule has 1 aromatic carbocycles. The van der Waals surface area contributed by atoms with Crippen LogP contribution in [-0.2, 0) is 0 Å². The van der Waals surface area contributed by atoms with Gasteiger partial charge in [0.2, 0.25) is 0 Å². The van der Waals surface area contributed by atoms with E-state index in [4.69, 9.17) is 5.73 Å². The van der Waals surface area contributed by atoms with E-state index in [-0.39, 0.29) is 0 Å². The summed E-state index contributed by atoms with van der Waals surface area (Å²) in [5.74, 6) is 0. The van der Waals surface area contributed by atoms with Gasteiger partial charge in [0.25, 0.3) is 0 Å². The van der Waals surface area contributed by atoms with Gasteiger partial charge in [-0.1, -0.05) is 31.7 Å². The van der Waals surface area contributed by atoms with Crippen LogP contribution < -0.4 is 5.73 Å². The molecule has 1 nitrogen and oxygen atoms in total. The zero-order chi connectivity index (χ0) is 9.14. The van der Waals surface area contributed by atoms with Gasteiger partial charge in [0.05, 0.1) is 0 Å². The number of hydrogen-bond donors (Lipinski definition) is 1. The quantitative estimate of drug-likeness (QED) is 0.663. The van der Waals surface area contributed by atoms with Crippen LogP contribution in [0, 0.1) is 6.92 Å². The summed E-state index contributed by atoms with van der Waals surface area (Å²) in [6.07, 6.45) is 0.952. The molecule has 12 heavy (non-hydrogen) atoms. The highest BCUT2D eigenvalue weighted by Crippen LogP contribution is 2.24. The summed E-state index contributed by atoms with van der Waals surface area (Å²) in [5, 5.41) is 0. The fourth-order valence-electron chi connectivity index (χ4n) is 1.18. The number of hydrogen-bond acceptors (Lipinski definition) is 1. The SMILES string of the molecule is C=C(CC)c1cccc(C)c1N. The van der Waals surface area contributed by atoms with Crippen LogP contribution in [0.3, 0.4) is 0 Å². The normalized spacial score (nSPS) is 9.83. The molecule has 0 atom stereocenters. The molecule has 0 saturated heterocycles. The molecule has 1 heteroatoms. The molecule has 0 unspecified atom stereocenters. The van der Waals surface area contributed by atoms with E-state index in [1.54, 1.807) is 0 Å². The Morgan fingerprint density at radius 3 is 2.75 bits per heavy atom. The van der Waals surface area contributed by atoms with Crippen molar-refractivity contribution in [1.82, 2.24) is 0 Å². The number of nitrogens with two attached hydrogens (primary N) is 1. The van der Waals surface area contributed by atoms with E-state index < -0.39 is 0 Å². The molecule has 0 amide bonds. The molecule has 0 aliphatic heterocycles. The number of rotatable bonds is 2. The first-order chi connectivity index (χ1) is 5.66. The van der Waals surface area contributed by atoms with Crippen LogP contribution >= 0.6 is 0 Å². The minimum absolute atomic E-state index is 0.865. The first-order valence-corrected chi connectivity index (χ1v) is 4.20. The summed E-state index contributed by atoms with van der Waals surface area (Å²) in [6, 6.07) is 6.05. The van der Waals surface area contributed by atoms with Crippen LogP contribution in [-0.4, -0.2) is 0 Å². The predicted molar refractivity (Wildman–Crippen MR) is 54.9 cm³/mol. The lowest BCUT2D eigenvalue weighted by atomic mass is 10.0. The molecule has 2 N–H and O–H groups in total. The highest BCUT2D eigenvalue weighted by molar-refractivity contribution is 5.75. The van der Waals surface area contributed by atoms with Crippen molar-refractivity contribution in [1.29, 1.82) is 0 Å². The minimum atomic E-state index is 0.865. The molecule has 0 aliphatic carbocycles. The smallest absolute Gasteiger partial charge is 0.0419 e. The third-order valence-electron chi connectivity index (χ3n) is 2.13. The van der Waals surface area contributed by atoms with Crippen molar-refractivity contribution < 1.29 is 0 Å². The molecular weight excluding hydrogens is 146 g/mol. The predicted octanol–water partition coefficient (Wildman–Crippen LogP) is 3.00. The van der Waals surface area contributed by atoms with Crippen molar-refractivity contribution in [2.45, 2.75) is 20.3 Å². The van der Waals surface area contributed by atoms with E-state index in [2.05, 4.69) is 13.5 Å². The second-order valence-electron chi connectivity index (χ2n) is 2.99. The Bertz CT molecular complexity index is 300. The molecule has 1 aromatic rings. The van der Waals surface area contributed by atoms with Crippen molar-refractivity contribution >= 4 is 11.3 Å². The van der Waals surface area contributed by atoms with Crippen molar-refractivity contribution in [3.63, 3.8) is 0 Å². The van der Waals surface area contributed by atoms with Gasteiger partial charge < -0.3 is 5.73 Å². The molecule has 0 saturated carbocycles. The lowest BCUT2D eigenvalue weighted by Crippen LogP contribution is -1.95. The van der Waals surface area contributed by atoms with Gasteiger partial charge >= 0.3 is 0 Å². The first kappa shape index (κ1) is 8.85. The molecule has 0 spiro atoms. The lowest BCUT2D eigenvalue weighted by Gasteiger charge is -2.08. The summed E-state index contributed by atoms with van der Waals surface area (Å²) < 4.78 is 0. The van der Waals surface area contributed by atoms with E-state index in [9.17, 15) is 0 Å². The Kier molecular flexibility index (Phi) is 2.54. The van der Waals surface area contributed by atoms with Gasteiger partial charge in [-0.3, -0.25) is 0 Å². The average Bonchev–Trinajstić information content (AvgIpc) is 2.08. The van der Waals surface area contributed by atoms with Crippen LogP contribution in [0.15, 0.2) is 24.8 Å². The number of benzene rings is 1. The zero-order valence-electron chi connectivity index (χ0n) is 7.72. The molecule has 0 radical (unpaired) electrons. The van der Waals surface area contributed by atoms with E-state index in [0.717, 1.165) is 28.8 Å². The second kappa shape index (κ2) is 3.44.